The highest BCUT2D eigenvalue weighted by molar-refractivity contribution is 5.70. The van der Waals surface area contributed by atoms with Gasteiger partial charge < -0.3 is 4.74 Å². The van der Waals surface area contributed by atoms with Crippen LogP contribution in [0.3, 0.4) is 0 Å². The topological polar surface area (TPSA) is 61.5 Å². The Balaban J connectivity index is 4.10. The third-order valence-corrected chi connectivity index (χ3v) is 4.45. The van der Waals surface area contributed by atoms with E-state index in [0.717, 1.165) is 24.7 Å². The monoisotopic (exact) mass is 301 g/mol. The lowest BCUT2D eigenvalue weighted by molar-refractivity contribution is -0.150. The maximum Gasteiger partial charge on any atom is 0.334 e. The molecule has 126 valence electrons. The summed E-state index contributed by atoms with van der Waals surface area (Å²) < 4.78 is 5.25. The lowest BCUT2D eigenvalue weighted by atomic mass is 9.90. The largest absolute Gasteiger partial charge is 0.464 e. The second-order valence-corrected chi connectivity index (χ2v) is 6.40. The molecule has 0 amide bonds. The van der Waals surface area contributed by atoms with Crippen molar-refractivity contribution in [3.05, 3.63) is 0 Å². The fourth-order valence-electron chi connectivity index (χ4n) is 2.31. The second kappa shape index (κ2) is 13.1. The van der Waals surface area contributed by atoms with E-state index in [1.54, 1.807) is 0 Å². The molecule has 0 aromatic carbocycles. The van der Waals surface area contributed by atoms with E-state index in [9.17, 15) is 4.79 Å². The summed E-state index contributed by atoms with van der Waals surface area (Å²) >= 11 is 0. The summed E-state index contributed by atoms with van der Waals surface area (Å²) in [7, 11) is 0. The molecular weight excluding hydrogens is 266 g/mol. The molecule has 0 aliphatic carbocycles. The van der Waals surface area contributed by atoms with E-state index in [-0.39, 0.29) is 12.6 Å². The SMILES string of the molecule is CCC(C)CCCC(CCC(C)CC)COC(=O)CON. The fraction of sp³-hybridized carbons (Fsp3) is 0.941. The molecule has 3 atom stereocenters. The van der Waals surface area contributed by atoms with Gasteiger partial charge in [0.2, 0.25) is 0 Å². The van der Waals surface area contributed by atoms with Gasteiger partial charge in [-0.3, -0.25) is 4.84 Å². The minimum atomic E-state index is -0.368. The van der Waals surface area contributed by atoms with Gasteiger partial charge in [0.25, 0.3) is 0 Å². The van der Waals surface area contributed by atoms with E-state index in [4.69, 9.17) is 10.6 Å². The molecule has 0 radical (unpaired) electrons. The molecule has 0 aromatic rings. The molecule has 0 rings (SSSR count). The van der Waals surface area contributed by atoms with Crippen LogP contribution < -0.4 is 5.90 Å². The van der Waals surface area contributed by atoms with Gasteiger partial charge in [-0.25, -0.2) is 10.7 Å². The second-order valence-electron chi connectivity index (χ2n) is 6.40. The van der Waals surface area contributed by atoms with E-state index >= 15 is 0 Å². The predicted molar refractivity (Wildman–Crippen MR) is 86.6 cm³/mol. The van der Waals surface area contributed by atoms with Gasteiger partial charge in [-0.2, -0.15) is 0 Å². The lowest BCUT2D eigenvalue weighted by Crippen LogP contribution is -2.20. The Labute approximate surface area is 130 Å². The quantitative estimate of drug-likeness (QED) is 0.411. The highest BCUT2D eigenvalue weighted by atomic mass is 16.6. The number of rotatable bonds is 13. The molecule has 21 heavy (non-hydrogen) atoms. The van der Waals surface area contributed by atoms with Gasteiger partial charge in [-0.15, -0.1) is 0 Å². The van der Waals surface area contributed by atoms with Crippen molar-refractivity contribution in [3.8, 4) is 0 Å². The van der Waals surface area contributed by atoms with Gasteiger partial charge in [-0.05, 0) is 30.6 Å². The molecule has 0 fully saturated rings. The van der Waals surface area contributed by atoms with Crippen LogP contribution in [0.5, 0.6) is 0 Å². The third kappa shape index (κ3) is 11.7. The zero-order valence-electron chi connectivity index (χ0n) is 14.4. The van der Waals surface area contributed by atoms with Crippen LogP contribution in [-0.4, -0.2) is 19.2 Å². The first kappa shape index (κ1) is 20.4. The van der Waals surface area contributed by atoms with Crippen LogP contribution in [0, 0.1) is 17.8 Å². The van der Waals surface area contributed by atoms with Crippen molar-refractivity contribution in [1.82, 2.24) is 0 Å². The van der Waals surface area contributed by atoms with Crippen LogP contribution in [0.25, 0.3) is 0 Å². The molecule has 0 bridgehead atoms. The molecule has 4 nitrogen and oxygen atoms in total. The number of hydrogen-bond acceptors (Lipinski definition) is 4. The Bertz CT molecular complexity index is 258. The average molecular weight is 301 g/mol. The van der Waals surface area contributed by atoms with Gasteiger partial charge >= 0.3 is 5.97 Å². The first-order valence-corrected chi connectivity index (χ1v) is 8.50. The van der Waals surface area contributed by atoms with E-state index in [1.165, 1.54) is 32.1 Å². The van der Waals surface area contributed by atoms with Crippen LogP contribution >= 0.6 is 0 Å². The first-order valence-electron chi connectivity index (χ1n) is 8.50. The van der Waals surface area contributed by atoms with Crippen LogP contribution in [0.4, 0.5) is 0 Å². The van der Waals surface area contributed by atoms with Gasteiger partial charge in [0.15, 0.2) is 6.61 Å². The lowest BCUT2D eigenvalue weighted by Gasteiger charge is -2.19. The molecule has 2 N–H and O–H groups in total. The van der Waals surface area contributed by atoms with Crippen molar-refractivity contribution in [3.63, 3.8) is 0 Å². The first-order chi connectivity index (χ1) is 10.0. The Hall–Kier alpha value is -0.610. The molecule has 0 aromatic heterocycles. The Morgan fingerprint density at radius 3 is 2.19 bits per heavy atom. The average Bonchev–Trinajstić information content (AvgIpc) is 2.48. The summed E-state index contributed by atoms with van der Waals surface area (Å²) in [6.45, 7) is 9.38. The maximum atomic E-state index is 11.3. The van der Waals surface area contributed by atoms with Crippen LogP contribution in [0.2, 0.25) is 0 Å². The molecule has 0 aliphatic rings. The summed E-state index contributed by atoms with van der Waals surface area (Å²) in [6.07, 6.45) is 8.39. The van der Waals surface area contributed by atoms with E-state index in [2.05, 4.69) is 32.5 Å². The van der Waals surface area contributed by atoms with Crippen LogP contribution in [0.1, 0.15) is 72.6 Å². The summed E-state index contributed by atoms with van der Waals surface area (Å²) in [5.41, 5.74) is 0. The molecule has 0 saturated carbocycles. The minimum absolute atomic E-state index is 0.162. The maximum absolute atomic E-state index is 11.3. The number of esters is 1. The molecule has 0 aliphatic heterocycles. The highest BCUT2D eigenvalue weighted by Crippen LogP contribution is 2.22. The molecular formula is C17H35NO3. The van der Waals surface area contributed by atoms with Gasteiger partial charge in [-0.1, -0.05) is 59.8 Å². The van der Waals surface area contributed by atoms with Gasteiger partial charge in [0, 0.05) is 0 Å². The zero-order valence-corrected chi connectivity index (χ0v) is 14.4. The number of carbonyl (C=O) groups excluding carboxylic acids is 1. The molecule has 3 unspecified atom stereocenters. The Morgan fingerprint density at radius 1 is 1.00 bits per heavy atom. The molecule has 0 saturated heterocycles. The summed E-state index contributed by atoms with van der Waals surface area (Å²) in [5.74, 6) is 6.50. The summed E-state index contributed by atoms with van der Waals surface area (Å²) in [6, 6.07) is 0. The Kier molecular flexibility index (Phi) is 12.7. The Morgan fingerprint density at radius 2 is 1.62 bits per heavy atom. The van der Waals surface area contributed by atoms with Crippen LogP contribution in [-0.2, 0) is 14.4 Å². The smallest absolute Gasteiger partial charge is 0.334 e. The minimum Gasteiger partial charge on any atom is -0.464 e. The number of nitrogens with two attached hydrogens (primary N) is 1. The fourth-order valence-corrected chi connectivity index (χ4v) is 2.31. The van der Waals surface area contributed by atoms with Gasteiger partial charge in [0.05, 0.1) is 6.61 Å². The highest BCUT2D eigenvalue weighted by Gasteiger charge is 2.14. The van der Waals surface area contributed by atoms with Crippen molar-refractivity contribution in [2.75, 3.05) is 13.2 Å². The molecule has 0 spiro atoms. The van der Waals surface area contributed by atoms with Crippen molar-refractivity contribution in [1.29, 1.82) is 0 Å². The van der Waals surface area contributed by atoms with Gasteiger partial charge in [0.1, 0.15) is 0 Å². The van der Waals surface area contributed by atoms with Crippen molar-refractivity contribution < 1.29 is 14.4 Å². The van der Waals surface area contributed by atoms with E-state index < -0.39 is 0 Å². The van der Waals surface area contributed by atoms with Crippen molar-refractivity contribution in [2.24, 2.45) is 23.7 Å². The number of hydrogen-bond donors (Lipinski definition) is 1. The number of ether oxygens (including phenoxy) is 1. The molecule has 0 heterocycles. The zero-order chi connectivity index (χ0) is 16.1. The predicted octanol–water partition coefficient (Wildman–Crippen LogP) is 4.08. The molecule has 4 heteroatoms. The standard InChI is InChI=1S/C17H35NO3/c1-5-14(3)8-7-9-16(11-10-15(4)6-2)12-20-17(19)13-21-18/h14-16H,5-13,18H2,1-4H3. The van der Waals surface area contributed by atoms with Crippen LogP contribution in [0.15, 0.2) is 0 Å². The number of carbonyl (C=O) groups is 1. The normalized spacial score (nSPS) is 15.5. The van der Waals surface area contributed by atoms with E-state index in [0.29, 0.717) is 12.5 Å². The summed E-state index contributed by atoms with van der Waals surface area (Å²) in [5, 5.41) is 0. The van der Waals surface area contributed by atoms with Crippen molar-refractivity contribution in [2.45, 2.75) is 72.6 Å². The third-order valence-electron chi connectivity index (χ3n) is 4.45. The van der Waals surface area contributed by atoms with Crippen molar-refractivity contribution >= 4 is 5.97 Å². The summed E-state index contributed by atoms with van der Waals surface area (Å²) in [4.78, 5) is 15.6. The van der Waals surface area contributed by atoms with E-state index in [1.807, 2.05) is 0 Å².